The lowest BCUT2D eigenvalue weighted by atomic mass is 10.1. The number of aromatic nitrogens is 4. The van der Waals surface area contributed by atoms with Crippen LogP contribution in [0.25, 0.3) is 0 Å². The Bertz CT molecular complexity index is 429. The number of aromatic amines is 1. The third kappa shape index (κ3) is 11.1. The molecule has 1 aromatic rings. The van der Waals surface area contributed by atoms with Gasteiger partial charge in [-0.2, -0.15) is 5.21 Å². The summed E-state index contributed by atoms with van der Waals surface area (Å²) >= 11 is 0. The highest BCUT2D eigenvalue weighted by molar-refractivity contribution is 5.92. The van der Waals surface area contributed by atoms with Crippen molar-refractivity contribution < 1.29 is 4.79 Å². The van der Waals surface area contributed by atoms with Crippen LogP contribution in [0.2, 0.25) is 0 Å². The fourth-order valence-corrected chi connectivity index (χ4v) is 2.75. The van der Waals surface area contributed by atoms with Gasteiger partial charge in [0, 0.05) is 6.42 Å². The number of H-pyrrole nitrogens is 1. The maximum Gasteiger partial charge on any atom is 0.240 e. The summed E-state index contributed by atoms with van der Waals surface area (Å²) in [5.74, 6) is 0.201. The van der Waals surface area contributed by atoms with Crippen molar-refractivity contribution in [1.29, 1.82) is 0 Å². The quantitative estimate of drug-likeness (QED) is 0.249. The second-order valence-electron chi connectivity index (χ2n) is 6.49. The number of carbonyl (C=O) groups excluding carboxylic acids is 1. The molecule has 24 heavy (non-hydrogen) atoms. The zero-order valence-corrected chi connectivity index (χ0v) is 15.3. The van der Waals surface area contributed by atoms with E-state index in [-0.39, 0.29) is 11.6 Å². The van der Waals surface area contributed by atoms with E-state index in [2.05, 4.69) is 39.7 Å². The van der Waals surface area contributed by atoms with Crippen LogP contribution in [-0.2, 0) is 0 Å². The molecule has 0 atom stereocenters. The Morgan fingerprint density at radius 1 is 0.875 bits per heavy atom. The van der Waals surface area contributed by atoms with Gasteiger partial charge in [-0.15, -0.1) is 10.2 Å². The van der Waals surface area contributed by atoms with Gasteiger partial charge in [0.2, 0.25) is 11.6 Å². The van der Waals surface area contributed by atoms with Gasteiger partial charge < -0.3 is 0 Å². The Labute approximate surface area is 146 Å². The van der Waals surface area contributed by atoms with E-state index in [4.69, 9.17) is 0 Å². The third-order valence-electron chi connectivity index (χ3n) is 4.26. The molecule has 0 radical (unpaired) electrons. The Morgan fingerprint density at radius 2 is 1.46 bits per heavy atom. The van der Waals surface area contributed by atoms with E-state index in [0.29, 0.717) is 6.42 Å². The average Bonchev–Trinajstić information content (AvgIpc) is 3.13. The molecule has 0 saturated heterocycles. The summed E-state index contributed by atoms with van der Waals surface area (Å²) in [6.45, 7) is 2.26. The van der Waals surface area contributed by atoms with E-state index < -0.39 is 0 Å². The number of ketones is 1. The molecule has 0 amide bonds. The fraction of sp³-hybridized carbons (Fsp3) is 0.789. The number of rotatable bonds is 16. The molecule has 1 rings (SSSR count). The van der Waals surface area contributed by atoms with Crippen LogP contribution < -0.4 is 0 Å². The smallest absolute Gasteiger partial charge is 0.240 e. The van der Waals surface area contributed by atoms with Gasteiger partial charge in [0.1, 0.15) is 0 Å². The predicted molar refractivity (Wildman–Crippen MR) is 98.0 cm³/mol. The zero-order valence-electron chi connectivity index (χ0n) is 15.3. The normalized spacial score (nSPS) is 11.4. The Balaban J connectivity index is 1.80. The van der Waals surface area contributed by atoms with Crippen molar-refractivity contribution in [2.45, 2.75) is 96.8 Å². The van der Waals surface area contributed by atoms with Crippen LogP contribution in [0.15, 0.2) is 12.2 Å². The van der Waals surface area contributed by atoms with E-state index >= 15 is 0 Å². The van der Waals surface area contributed by atoms with E-state index in [1.807, 2.05) is 0 Å². The first-order chi connectivity index (χ1) is 11.8. The molecule has 5 nitrogen and oxygen atoms in total. The Morgan fingerprint density at radius 3 is 2.04 bits per heavy atom. The number of carbonyl (C=O) groups is 1. The molecule has 0 spiro atoms. The van der Waals surface area contributed by atoms with Gasteiger partial charge in [-0.1, -0.05) is 70.4 Å². The van der Waals surface area contributed by atoms with Crippen molar-refractivity contribution in [3.8, 4) is 0 Å². The summed E-state index contributed by atoms with van der Waals surface area (Å²) in [6.07, 6.45) is 21.6. The van der Waals surface area contributed by atoms with Crippen LogP contribution in [0.5, 0.6) is 0 Å². The zero-order chi connectivity index (χ0) is 17.3. The molecule has 1 aromatic heterocycles. The monoisotopic (exact) mass is 334 g/mol. The highest BCUT2D eigenvalue weighted by Crippen LogP contribution is 2.10. The molecule has 0 fully saturated rings. The molecule has 0 aliphatic heterocycles. The minimum Gasteiger partial charge on any atom is -0.291 e. The highest BCUT2D eigenvalue weighted by atomic mass is 16.1. The van der Waals surface area contributed by atoms with Crippen LogP contribution in [0.1, 0.15) is 107 Å². The van der Waals surface area contributed by atoms with E-state index in [0.717, 1.165) is 12.8 Å². The molecule has 0 saturated carbocycles. The van der Waals surface area contributed by atoms with Crippen LogP contribution >= 0.6 is 0 Å². The molecule has 1 heterocycles. The second-order valence-corrected chi connectivity index (χ2v) is 6.49. The van der Waals surface area contributed by atoms with Crippen molar-refractivity contribution >= 4 is 5.78 Å². The van der Waals surface area contributed by atoms with Crippen molar-refractivity contribution in [1.82, 2.24) is 20.6 Å². The number of Topliss-reactive ketones (excluding diaryl/α,β-unsaturated/α-hetero) is 1. The first-order valence-corrected chi connectivity index (χ1v) is 9.76. The summed E-state index contributed by atoms with van der Waals surface area (Å²) < 4.78 is 0. The molecule has 5 heteroatoms. The maximum absolute atomic E-state index is 11.6. The van der Waals surface area contributed by atoms with Crippen molar-refractivity contribution in [2.75, 3.05) is 0 Å². The summed E-state index contributed by atoms with van der Waals surface area (Å²) in [5.41, 5.74) is 0. The van der Waals surface area contributed by atoms with Crippen molar-refractivity contribution in [3.05, 3.63) is 18.0 Å². The summed E-state index contributed by atoms with van der Waals surface area (Å²) in [7, 11) is 0. The highest BCUT2D eigenvalue weighted by Gasteiger charge is 2.09. The molecular formula is C19H34N4O. The summed E-state index contributed by atoms with van der Waals surface area (Å²) in [5, 5.41) is 13.1. The van der Waals surface area contributed by atoms with Gasteiger partial charge in [-0.05, 0) is 37.3 Å². The third-order valence-corrected chi connectivity index (χ3v) is 4.26. The maximum atomic E-state index is 11.6. The van der Waals surface area contributed by atoms with E-state index in [9.17, 15) is 4.79 Å². The molecule has 1 N–H and O–H groups in total. The first-order valence-electron chi connectivity index (χ1n) is 9.76. The Hall–Kier alpha value is -1.52. The predicted octanol–water partition coefficient (Wildman–Crippen LogP) is 5.42. The van der Waals surface area contributed by atoms with Crippen LogP contribution in [0, 0.1) is 0 Å². The van der Waals surface area contributed by atoms with Gasteiger partial charge in [0.25, 0.3) is 0 Å². The number of nitrogens with one attached hydrogen (secondary N) is 1. The average molecular weight is 335 g/mol. The van der Waals surface area contributed by atoms with Crippen molar-refractivity contribution in [2.24, 2.45) is 0 Å². The molecular weight excluding hydrogens is 300 g/mol. The number of unbranched alkanes of at least 4 members (excludes halogenated alkanes) is 11. The lowest BCUT2D eigenvalue weighted by Gasteiger charge is -1.99. The minimum absolute atomic E-state index is 0.0126. The lowest BCUT2D eigenvalue weighted by Crippen LogP contribution is -2.01. The van der Waals surface area contributed by atoms with Crippen LogP contribution in [0.3, 0.4) is 0 Å². The van der Waals surface area contributed by atoms with Gasteiger partial charge in [0.15, 0.2) is 0 Å². The number of hydrogen-bond donors (Lipinski definition) is 1. The number of tetrazole rings is 1. The standard InChI is InChI=1S/C19H34N4O/c1-2-3-4-5-6-7-8-9-10-11-12-13-14-15-16-17-18(24)19-20-22-23-21-19/h9-10H,2-8,11-17H2,1H3,(H,20,21,22,23)/b10-9-. The largest absolute Gasteiger partial charge is 0.291 e. The SMILES string of the molecule is CCCCCCCC/C=C\CCCCCCCC(=O)c1nn[nH]n1. The van der Waals surface area contributed by atoms with Gasteiger partial charge in [-0.3, -0.25) is 4.79 Å². The fourth-order valence-electron chi connectivity index (χ4n) is 2.75. The number of nitrogens with zero attached hydrogens (tertiary/aromatic N) is 3. The molecule has 0 bridgehead atoms. The molecule has 0 aliphatic rings. The topological polar surface area (TPSA) is 71.5 Å². The molecule has 136 valence electrons. The number of allylic oxidation sites excluding steroid dienone is 2. The minimum atomic E-state index is -0.0126. The summed E-state index contributed by atoms with van der Waals surface area (Å²) in [6, 6.07) is 0. The summed E-state index contributed by atoms with van der Waals surface area (Å²) in [4.78, 5) is 11.6. The molecule has 0 unspecified atom stereocenters. The lowest BCUT2D eigenvalue weighted by molar-refractivity contribution is 0.0969. The number of hydrogen-bond acceptors (Lipinski definition) is 4. The van der Waals surface area contributed by atoms with Crippen molar-refractivity contribution in [3.63, 3.8) is 0 Å². The van der Waals surface area contributed by atoms with Crippen LogP contribution in [0.4, 0.5) is 0 Å². The van der Waals surface area contributed by atoms with Gasteiger partial charge >= 0.3 is 0 Å². The van der Waals surface area contributed by atoms with Gasteiger partial charge in [0.05, 0.1) is 0 Å². The van der Waals surface area contributed by atoms with E-state index in [1.54, 1.807) is 0 Å². The Kier molecular flexibility index (Phi) is 12.9. The van der Waals surface area contributed by atoms with Crippen LogP contribution in [-0.4, -0.2) is 26.4 Å². The first kappa shape index (κ1) is 20.5. The second kappa shape index (κ2) is 15.0. The molecule has 0 aromatic carbocycles. The van der Waals surface area contributed by atoms with Gasteiger partial charge in [-0.25, -0.2) is 0 Å². The molecule has 0 aliphatic carbocycles. The van der Waals surface area contributed by atoms with E-state index in [1.165, 1.54) is 70.6 Å².